The maximum atomic E-state index is 4.72. The minimum atomic E-state index is 0.341. The first-order chi connectivity index (χ1) is 8.72. The van der Waals surface area contributed by atoms with Gasteiger partial charge >= 0.3 is 0 Å². The molecule has 3 rings (SSSR count). The number of aryl methyl sites for hydroxylation is 1. The van der Waals surface area contributed by atoms with E-state index in [-0.39, 0.29) is 0 Å². The number of benzene rings is 1. The number of aromatic nitrogens is 4. The lowest BCUT2D eigenvalue weighted by molar-refractivity contribution is 0.735. The van der Waals surface area contributed by atoms with Crippen LogP contribution in [0.1, 0.15) is 38.3 Å². The van der Waals surface area contributed by atoms with Crippen LogP contribution < -0.4 is 0 Å². The van der Waals surface area contributed by atoms with E-state index in [1.807, 2.05) is 18.2 Å². The second kappa shape index (κ2) is 4.05. The summed E-state index contributed by atoms with van der Waals surface area (Å²) in [7, 11) is 0. The smallest absolute Gasteiger partial charge is 0.171 e. The van der Waals surface area contributed by atoms with Gasteiger partial charge in [-0.05, 0) is 12.1 Å². The molecule has 0 bridgehead atoms. The lowest BCUT2D eigenvalue weighted by Gasteiger charge is -2.09. The summed E-state index contributed by atoms with van der Waals surface area (Å²) >= 11 is 0. The SMILES string of the molecule is CCc1nc2ccccc2c2nnc(C(C)C)n12. The van der Waals surface area contributed by atoms with Crippen LogP contribution in [0.25, 0.3) is 16.6 Å². The van der Waals surface area contributed by atoms with E-state index in [4.69, 9.17) is 4.98 Å². The van der Waals surface area contributed by atoms with Gasteiger partial charge < -0.3 is 0 Å². The van der Waals surface area contributed by atoms with Crippen molar-refractivity contribution in [3.05, 3.63) is 35.9 Å². The van der Waals surface area contributed by atoms with Crippen molar-refractivity contribution >= 4 is 16.6 Å². The third-order valence-electron chi connectivity index (χ3n) is 3.17. The molecule has 0 saturated carbocycles. The molecule has 0 atom stereocenters. The lowest BCUT2D eigenvalue weighted by atomic mass is 10.2. The number of hydrogen-bond donors (Lipinski definition) is 0. The first kappa shape index (κ1) is 11.1. The second-order valence-corrected chi connectivity index (χ2v) is 4.77. The van der Waals surface area contributed by atoms with Gasteiger partial charge in [-0.15, -0.1) is 10.2 Å². The fraction of sp³-hybridized carbons (Fsp3) is 0.357. The Balaban J connectivity index is 2.50. The molecule has 1 aromatic carbocycles. The van der Waals surface area contributed by atoms with Gasteiger partial charge in [0.1, 0.15) is 11.6 Å². The molecule has 2 aromatic heterocycles. The second-order valence-electron chi connectivity index (χ2n) is 4.77. The average molecular weight is 240 g/mol. The monoisotopic (exact) mass is 240 g/mol. The summed E-state index contributed by atoms with van der Waals surface area (Å²) in [4.78, 5) is 4.72. The Kier molecular flexibility index (Phi) is 2.51. The molecule has 0 unspecified atom stereocenters. The van der Waals surface area contributed by atoms with Crippen LogP contribution in [0.2, 0.25) is 0 Å². The summed E-state index contributed by atoms with van der Waals surface area (Å²) in [5, 5.41) is 9.74. The Labute approximate surface area is 106 Å². The largest absolute Gasteiger partial charge is 0.266 e. The predicted octanol–water partition coefficient (Wildman–Crippen LogP) is 2.96. The van der Waals surface area contributed by atoms with E-state index < -0.39 is 0 Å². The Morgan fingerprint density at radius 1 is 1.17 bits per heavy atom. The molecule has 4 heteroatoms. The van der Waals surface area contributed by atoms with Crippen molar-refractivity contribution in [2.24, 2.45) is 0 Å². The number of para-hydroxylation sites is 1. The van der Waals surface area contributed by atoms with Crippen LogP contribution in [-0.4, -0.2) is 19.6 Å². The van der Waals surface area contributed by atoms with E-state index in [0.29, 0.717) is 5.92 Å². The zero-order valence-electron chi connectivity index (χ0n) is 10.9. The highest BCUT2D eigenvalue weighted by Crippen LogP contribution is 2.22. The molecular formula is C14H16N4. The molecule has 18 heavy (non-hydrogen) atoms. The predicted molar refractivity (Wildman–Crippen MR) is 71.8 cm³/mol. The molecular weight excluding hydrogens is 224 g/mol. The van der Waals surface area contributed by atoms with Crippen LogP contribution in [0.15, 0.2) is 24.3 Å². The van der Waals surface area contributed by atoms with Gasteiger partial charge in [-0.3, -0.25) is 4.40 Å². The molecule has 0 fully saturated rings. The summed E-state index contributed by atoms with van der Waals surface area (Å²) in [6.07, 6.45) is 0.874. The number of nitrogens with zero attached hydrogens (tertiary/aromatic N) is 4. The van der Waals surface area contributed by atoms with Gasteiger partial charge in [0.25, 0.3) is 0 Å². The lowest BCUT2D eigenvalue weighted by Crippen LogP contribution is -2.05. The van der Waals surface area contributed by atoms with Gasteiger partial charge in [0, 0.05) is 17.7 Å². The van der Waals surface area contributed by atoms with Gasteiger partial charge in [0.15, 0.2) is 5.65 Å². The first-order valence-electron chi connectivity index (χ1n) is 6.35. The maximum absolute atomic E-state index is 4.72. The van der Waals surface area contributed by atoms with Gasteiger partial charge in [-0.25, -0.2) is 4.98 Å². The molecule has 0 spiro atoms. The van der Waals surface area contributed by atoms with Crippen molar-refractivity contribution in [1.29, 1.82) is 0 Å². The zero-order valence-corrected chi connectivity index (χ0v) is 10.9. The normalized spacial score (nSPS) is 11.8. The fourth-order valence-corrected chi connectivity index (χ4v) is 2.29. The van der Waals surface area contributed by atoms with Crippen LogP contribution in [0, 0.1) is 0 Å². The van der Waals surface area contributed by atoms with Crippen molar-refractivity contribution in [2.45, 2.75) is 33.1 Å². The molecule has 0 aliphatic carbocycles. The standard InChI is InChI=1S/C14H16N4/c1-4-12-15-11-8-6-5-7-10(11)14-17-16-13(9(2)3)18(12)14/h5-9H,4H2,1-3H3. The van der Waals surface area contributed by atoms with Crippen LogP contribution >= 0.6 is 0 Å². The first-order valence-corrected chi connectivity index (χ1v) is 6.35. The molecule has 0 aliphatic heterocycles. The number of rotatable bonds is 2. The summed E-state index contributed by atoms with van der Waals surface area (Å²) in [5.74, 6) is 2.35. The Morgan fingerprint density at radius 3 is 2.67 bits per heavy atom. The Morgan fingerprint density at radius 2 is 1.94 bits per heavy atom. The molecule has 0 N–H and O–H groups in total. The number of hydrogen-bond acceptors (Lipinski definition) is 3. The maximum Gasteiger partial charge on any atom is 0.171 e. The van der Waals surface area contributed by atoms with Crippen LogP contribution in [-0.2, 0) is 6.42 Å². The topological polar surface area (TPSA) is 43.1 Å². The summed E-state index contributed by atoms with van der Waals surface area (Å²) in [6, 6.07) is 8.10. The fourth-order valence-electron chi connectivity index (χ4n) is 2.29. The summed E-state index contributed by atoms with van der Waals surface area (Å²) in [6.45, 7) is 6.37. The summed E-state index contributed by atoms with van der Waals surface area (Å²) < 4.78 is 2.10. The van der Waals surface area contributed by atoms with Crippen molar-refractivity contribution in [1.82, 2.24) is 19.6 Å². The molecule has 0 radical (unpaired) electrons. The quantitative estimate of drug-likeness (QED) is 0.691. The van der Waals surface area contributed by atoms with Crippen LogP contribution in [0.4, 0.5) is 0 Å². The third-order valence-corrected chi connectivity index (χ3v) is 3.17. The Hall–Kier alpha value is -1.97. The molecule has 0 saturated heterocycles. The van der Waals surface area contributed by atoms with E-state index in [1.165, 1.54) is 0 Å². The van der Waals surface area contributed by atoms with E-state index in [1.54, 1.807) is 0 Å². The summed E-state index contributed by atoms with van der Waals surface area (Å²) in [5.41, 5.74) is 1.91. The van der Waals surface area contributed by atoms with Crippen molar-refractivity contribution < 1.29 is 0 Å². The molecule has 2 heterocycles. The Bertz CT molecular complexity index is 712. The molecule has 0 aliphatic rings. The zero-order chi connectivity index (χ0) is 12.7. The van der Waals surface area contributed by atoms with E-state index in [0.717, 1.165) is 34.6 Å². The van der Waals surface area contributed by atoms with Crippen molar-refractivity contribution in [3.8, 4) is 0 Å². The van der Waals surface area contributed by atoms with Crippen LogP contribution in [0.5, 0.6) is 0 Å². The molecule has 92 valence electrons. The molecule has 0 amide bonds. The van der Waals surface area contributed by atoms with Gasteiger partial charge in [0.05, 0.1) is 5.52 Å². The van der Waals surface area contributed by atoms with Gasteiger partial charge in [-0.1, -0.05) is 32.9 Å². The van der Waals surface area contributed by atoms with E-state index in [9.17, 15) is 0 Å². The van der Waals surface area contributed by atoms with Gasteiger partial charge in [0.2, 0.25) is 0 Å². The van der Waals surface area contributed by atoms with Crippen molar-refractivity contribution in [2.75, 3.05) is 0 Å². The highest BCUT2D eigenvalue weighted by molar-refractivity contribution is 5.91. The van der Waals surface area contributed by atoms with Gasteiger partial charge in [-0.2, -0.15) is 0 Å². The van der Waals surface area contributed by atoms with Crippen molar-refractivity contribution in [3.63, 3.8) is 0 Å². The molecule has 4 nitrogen and oxygen atoms in total. The average Bonchev–Trinajstić information content (AvgIpc) is 2.83. The van der Waals surface area contributed by atoms with E-state index >= 15 is 0 Å². The highest BCUT2D eigenvalue weighted by atomic mass is 15.3. The van der Waals surface area contributed by atoms with Crippen LogP contribution in [0.3, 0.4) is 0 Å². The van der Waals surface area contributed by atoms with E-state index in [2.05, 4.69) is 41.4 Å². The minimum Gasteiger partial charge on any atom is -0.266 e. The minimum absolute atomic E-state index is 0.341. The number of fused-ring (bicyclic) bond motifs is 3. The highest BCUT2D eigenvalue weighted by Gasteiger charge is 2.15. The molecule has 3 aromatic rings. The third kappa shape index (κ3) is 1.49.